The van der Waals surface area contributed by atoms with Gasteiger partial charge >= 0.3 is 0 Å². The van der Waals surface area contributed by atoms with Gasteiger partial charge in [0.1, 0.15) is 0 Å². The molecule has 3 rings (SSSR count). The molecule has 0 aliphatic carbocycles. The Balaban J connectivity index is 1.85. The molecule has 0 aliphatic heterocycles. The largest absolute Gasteiger partial charge is 0.280 e. The molecule has 3 aromatic carbocycles. The fourth-order valence-electron chi connectivity index (χ4n) is 5.78. The highest BCUT2D eigenvalue weighted by atomic mass is 16.9. The monoisotopic (exact) mass is 501 g/mol. The van der Waals surface area contributed by atoms with Crippen molar-refractivity contribution in [3.05, 3.63) is 94.0 Å². The van der Waals surface area contributed by atoms with Gasteiger partial charge in [-0.25, -0.2) is 0 Å². The summed E-state index contributed by atoms with van der Waals surface area (Å²) in [6, 6.07) is 22.9. The molecule has 37 heavy (non-hydrogen) atoms. The van der Waals surface area contributed by atoms with Crippen molar-refractivity contribution < 1.29 is 9.68 Å². The van der Waals surface area contributed by atoms with Crippen molar-refractivity contribution in [2.75, 3.05) is 7.11 Å². The standard InChI is InChI=1S/C34H47NO2/c1-8-11-25(4)12-15-29-18-19-31(22-26(29)5)34(9-2,10-3)32-20-21-33(27(6)23-32)30-16-13-28(14-17-30)24-37-35-36-7/h13-14,16-23,25,35H,8-12,15,24H2,1-7H3. The van der Waals surface area contributed by atoms with Gasteiger partial charge in [0.2, 0.25) is 0 Å². The minimum atomic E-state index is 0.0254. The van der Waals surface area contributed by atoms with Crippen LogP contribution >= 0.6 is 0 Å². The van der Waals surface area contributed by atoms with Crippen molar-refractivity contribution in [2.45, 2.75) is 92.1 Å². The van der Waals surface area contributed by atoms with Crippen LogP contribution in [0.2, 0.25) is 0 Å². The van der Waals surface area contributed by atoms with E-state index in [0.29, 0.717) is 6.61 Å². The Morgan fingerprint density at radius 2 is 1.46 bits per heavy atom. The third kappa shape index (κ3) is 7.10. The predicted octanol–water partition coefficient (Wildman–Crippen LogP) is 9.03. The molecule has 0 heterocycles. The number of aryl methyl sites for hydroxylation is 3. The zero-order chi connectivity index (χ0) is 26.8. The van der Waals surface area contributed by atoms with Crippen molar-refractivity contribution in [1.29, 1.82) is 0 Å². The third-order valence-electron chi connectivity index (χ3n) is 8.22. The summed E-state index contributed by atoms with van der Waals surface area (Å²) < 4.78 is 0. The van der Waals surface area contributed by atoms with Crippen LogP contribution in [0.15, 0.2) is 60.7 Å². The molecule has 0 aliphatic rings. The van der Waals surface area contributed by atoms with E-state index in [9.17, 15) is 0 Å². The van der Waals surface area contributed by atoms with Crippen molar-refractivity contribution >= 4 is 0 Å². The highest BCUT2D eigenvalue weighted by molar-refractivity contribution is 5.68. The van der Waals surface area contributed by atoms with Crippen molar-refractivity contribution in [2.24, 2.45) is 5.92 Å². The second kappa shape index (κ2) is 13.9. The quantitative estimate of drug-likeness (QED) is 0.176. The molecule has 1 N–H and O–H groups in total. The molecule has 0 fully saturated rings. The lowest BCUT2D eigenvalue weighted by Crippen LogP contribution is -2.26. The third-order valence-corrected chi connectivity index (χ3v) is 8.22. The van der Waals surface area contributed by atoms with Gasteiger partial charge in [-0.15, -0.1) is 0 Å². The average molecular weight is 502 g/mol. The van der Waals surface area contributed by atoms with E-state index in [1.54, 1.807) is 0 Å². The highest BCUT2D eigenvalue weighted by Crippen LogP contribution is 2.41. The lowest BCUT2D eigenvalue weighted by Gasteiger charge is -2.34. The first kappa shape index (κ1) is 29.1. The Morgan fingerprint density at radius 1 is 0.811 bits per heavy atom. The maximum atomic E-state index is 5.24. The number of hydrogen-bond donors (Lipinski definition) is 1. The molecular weight excluding hydrogens is 454 g/mol. The number of rotatable bonds is 14. The van der Waals surface area contributed by atoms with Gasteiger partial charge < -0.3 is 0 Å². The zero-order valence-electron chi connectivity index (χ0n) is 24.1. The van der Waals surface area contributed by atoms with Gasteiger partial charge in [-0.05, 0) is 90.0 Å². The predicted molar refractivity (Wildman–Crippen MR) is 156 cm³/mol. The molecule has 0 saturated carbocycles. The van der Waals surface area contributed by atoms with Crippen LogP contribution in [0, 0.1) is 19.8 Å². The van der Waals surface area contributed by atoms with Gasteiger partial charge in [-0.3, -0.25) is 9.68 Å². The molecule has 0 radical (unpaired) electrons. The molecule has 200 valence electrons. The fourth-order valence-corrected chi connectivity index (χ4v) is 5.78. The summed E-state index contributed by atoms with van der Waals surface area (Å²) in [7, 11) is 1.54. The van der Waals surface area contributed by atoms with E-state index in [1.165, 1.54) is 71.7 Å². The van der Waals surface area contributed by atoms with Crippen LogP contribution in [0.25, 0.3) is 11.1 Å². The van der Waals surface area contributed by atoms with Crippen LogP contribution in [0.3, 0.4) is 0 Å². The van der Waals surface area contributed by atoms with Gasteiger partial charge in [0.05, 0.1) is 13.7 Å². The molecule has 3 nitrogen and oxygen atoms in total. The lowest BCUT2D eigenvalue weighted by atomic mass is 9.69. The summed E-state index contributed by atoms with van der Waals surface area (Å²) in [6.07, 6.45) is 7.22. The summed E-state index contributed by atoms with van der Waals surface area (Å²) in [5, 5.41) is 0. The Kier molecular flexibility index (Phi) is 10.9. The molecule has 1 unspecified atom stereocenters. The van der Waals surface area contributed by atoms with E-state index in [1.807, 2.05) is 0 Å². The molecule has 3 heteroatoms. The highest BCUT2D eigenvalue weighted by Gasteiger charge is 2.31. The van der Waals surface area contributed by atoms with Gasteiger partial charge in [-0.1, -0.05) is 107 Å². The van der Waals surface area contributed by atoms with Crippen molar-refractivity contribution in [3.8, 4) is 11.1 Å². The van der Waals surface area contributed by atoms with Crippen LogP contribution in [-0.2, 0) is 28.1 Å². The topological polar surface area (TPSA) is 30.5 Å². The summed E-state index contributed by atoms with van der Waals surface area (Å²) in [4.78, 5) is 9.96. The first-order valence-electron chi connectivity index (χ1n) is 14.1. The van der Waals surface area contributed by atoms with Gasteiger partial charge in [0.15, 0.2) is 0 Å². The number of nitrogens with one attached hydrogen (secondary N) is 1. The van der Waals surface area contributed by atoms with E-state index in [4.69, 9.17) is 9.68 Å². The minimum absolute atomic E-state index is 0.0254. The van der Waals surface area contributed by atoms with E-state index in [0.717, 1.165) is 24.3 Å². The summed E-state index contributed by atoms with van der Waals surface area (Å²) in [6.45, 7) is 14.3. The first-order chi connectivity index (χ1) is 17.9. The maximum absolute atomic E-state index is 5.24. The normalized spacial score (nSPS) is 12.6. The molecule has 0 aromatic heterocycles. The van der Waals surface area contributed by atoms with Crippen LogP contribution in [0.5, 0.6) is 0 Å². The molecule has 0 spiro atoms. The lowest BCUT2D eigenvalue weighted by molar-refractivity contribution is -0.159. The fraction of sp³-hybridized carbons (Fsp3) is 0.471. The minimum Gasteiger partial charge on any atom is -0.280 e. The molecule has 3 aromatic rings. The molecule has 0 amide bonds. The van der Waals surface area contributed by atoms with Gasteiger partial charge in [0.25, 0.3) is 0 Å². The van der Waals surface area contributed by atoms with Gasteiger partial charge in [0, 0.05) is 5.41 Å². The summed E-state index contributed by atoms with van der Waals surface area (Å²) in [5.41, 5.74) is 13.2. The van der Waals surface area contributed by atoms with E-state index in [2.05, 4.69) is 108 Å². The van der Waals surface area contributed by atoms with Crippen molar-refractivity contribution in [1.82, 2.24) is 5.64 Å². The van der Waals surface area contributed by atoms with E-state index >= 15 is 0 Å². The van der Waals surface area contributed by atoms with Crippen LogP contribution in [0.4, 0.5) is 0 Å². The molecular formula is C34H47NO2. The number of benzene rings is 3. The Labute approximate surface area is 225 Å². The smallest absolute Gasteiger partial charge is 0.0959 e. The molecule has 1 atom stereocenters. The average Bonchev–Trinajstić information content (AvgIpc) is 2.90. The maximum Gasteiger partial charge on any atom is 0.0959 e. The number of hydrogen-bond acceptors (Lipinski definition) is 3. The van der Waals surface area contributed by atoms with E-state index in [-0.39, 0.29) is 5.41 Å². The van der Waals surface area contributed by atoms with Crippen LogP contribution < -0.4 is 5.64 Å². The van der Waals surface area contributed by atoms with Crippen LogP contribution in [0.1, 0.15) is 93.2 Å². The van der Waals surface area contributed by atoms with Crippen LogP contribution in [-0.4, -0.2) is 7.11 Å². The molecule has 0 saturated heterocycles. The Bertz CT molecular complexity index is 1120. The summed E-state index contributed by atoms with van der Waals surface area (Å²) in [5.74, 6) is 0.799. The zero-order valence-corrected chi connectivity index (χ0v) is 24.1. The SMILES string of the molecule is CCCC(C)CCc1ccc(C(CC)(CC)c2ccc(-c3ccc(CONOC)cc3)c(C)c2)cc1C. The summed E-state index contributed by atoms with van der Waals surface area (Å²) >= 11 is 0. The second-order valence-electron chi connectivity index (χ2n) is 10.7. The molecule has 0 bridgehead atoms. The van der Waals surface area contributed by atoms with Gasteiger partial charge in [-0.2, -0.15) is 0 Å². The second-order valence-corrected chi connectivity index (χ2v) is 10.7. The Morgan fingerprint density at radius 3 is 2.03 bits per heavy atom. The van der Waals surface area contributed by atoms with Crippen molar-refractivity contribution in [3.63, 3.8) is 0 Å². The Hall–Kier alpha value is -2.46. The van der Waals surface area contributed by atoms with E-state index < -0.39 is 0 Å². The first-order valence-corrected chi connectivity index (χ1v) is 14.1.